The van der Waals surface area contributed by atoms with Crippen LogP contribution in [0.3, 0.4) is 0 Å². The van der Waals surface area contributed by atoms with E-state index < -0.39 is 5.41 Å². The highest BCUT2D eigenvalue weighted by Gasteiger charge is 2.26. The van der Waals surface area contributed by atoms with Crippen LogP contribution in [-0.4, -0.2) is 5.78 Å². The number of ketones is 1. The highest BCUT2D eigenvalue weighted by atomic mass is 16.1. The Labute approximate surface area is 77.6 Å². The molecule has 0 aromatic heterocycles. The van der Waals surface area contributed by atoms with Gasteiger partial charge in [-0.2, -0.15) is 5.26 Å². The maximum atomic E-state index is 11.1. The van der Waals surface area contributed by atoms with Crippen molar-refractivity contribution in [3.05, 3.63) is 30.7 Å². The summed E-state index contributed by atoms with van der Waals surface area (Å²) in [4.78, 5) is 11.1. The van der Waals surface area contributed by atoms with Gasteiger partial charge < -0.3 is 0 Å². The van der Waals surface area contributed by atoms with Gasteiger partial charge in [0.05, 0.1) is 11.0 Å². The van der Waals surface area contributed by atoms with Gasteiger partial charge >= 0.3 is 0 Å². The first-order chi connectivity index (χ1) is 6.17. The van der Waals surface area contributed by atoms with Crippen LogP contribution < -0.4 is 0 Å². The molecule has 0 aromatic rings. The van der Waals surface area contributed by atoms with Crippen LogP contribution in [0.4, 0.5) is 0 Å². The molecule has 0 bridgehead atoms. The Bertz CT molecular complexity index is 376. The Hall–Kier alpha value is -1.80. The molecule has 0 saturated carbocycles. The molecule has 1 aliphatic rings. The van der Waals surface area contributed by atoms with Crippen LogP contribution in [0.5, 0.6) is 0 Å². The van der Waals surface area contributed by atoms with Crippen molar-refractivity contribution in [1.29, 1.82) is 5.26 Å². The average Bonchev–Trinajstić information content (AvgIpc) is 2.19. The number of hydrogen-bond donors (Lipinski definition) is 0. The molecule has 2 heteroatoms. The number of nitrogens with zero attached hydrogens (tertiary/aromatic N) is 1. The predicted molar refractivity (Wildman–Crippen MR) is 48.0 cm³/mol. The average molecular weight is 169 g/mol. The van der Waals surface area contributed by atoms with E-state index in [1.165, 1.54) is 12.2 Å². The summed E-state index contributed by atoms with van der Waals surface area (Å²) < 4.78 is 0. The predicted octanol–water partition coefficient (Wildman–Crippen LogP) is 1.30. The molecule has 0 aromatic carbocycles. The Balaban J connectivity index is 3.17. The molecule has 0 fully saturated rings. The maximum Gasteiger partial charge on any atom is 0.195 e. The fourth-order valence-corrected chi connectivity index (χ4v) is 1.05. The molecule has 0 saturated heterocycles. The second kappa shape index (κ2) is 3.29. The van der Waals surface area contributed by atoms with Gasteiger partial charge in [0.15, 0.2) is 5.78 Å². The lowest BCUT2D eigenvalue weighted by molar-refractivity contribution is -0.111. The summed E-state index contributed by atoms with van der Waals surface area (Å²) in [5, 5.41) is 8.60. The first kappa shape index (κ1) is 9.29. The lowest BCUT2D eigenvalue weighted by Crippen LogP contribution is -2.18. The summed E-state index contributed by atoms with van der Waals surface area (Å²) in [7, 11) is 0. The van der Waals surface area contributed by atoms with E-state index in [-0.39, 0.29) is 17.8 Å². The number of hydrogen-bond acceptors (Lipinski definition) is 2. The van der Waals surface area contributed by atoms with Crippen molar-refractivity contribution in [2.24, 2.45) is 5.41 Å². The van der Waals surface area contributed by atoms with Gasteiger partial charge in [0, 0.05) is 0 Å². The van der Waals surface area contributed by atoms with E-state index in [1.54, 1.807) is 12.1 Å². The standard InChI is InChI=1S/C11H7NO/c1-3-11(4-2)6-5-10(13)9(7-11)8-12/h1-2,5-7H,3H2. The quantitative estimate of drug-likeness (QED) is 0.555. The minimum atomic E-state index is -0.765. The number of terminal acetylenes is 1. The van der Waals surface area contributed by atoms with Gasteiger partial charge in [-0.1, -0.05) is 12.0 Å². The number of carbonyl (C=O) groups is 1. The zero-order valence-electron chi connectivity index (χ0n) is 6.95. The fourth-order valence-electron chi connectivity index (χ4n) is 1.05. The highest BCUT2D eigenvalue weighted by molar-refractivity contribution is 6.08. The lowest BCUT2D eigenvalue weighted by atomic mass is 9.80. The zero-order valence-corrected chi connectivity index (χ0v) is 6.95. The lowest BCUT2D eigenvalue weighted by Gasteiger charge is -2.21. The molecule has 1 aliphatic carbocycles. The van der Waals surface area contributed by atoms with Crippen molar-refractivity contribution in [2.45, 2.75) is 6.42 Å². The third kappa shape index (κ3) is 1.53. The van der Waals surface area contributed by atoms with E-state index in [2.05, 4.69) is 5.92 Å². The monoisotopic (exact) mass is 169 g/mol. The Morgan fingerprint density at radius 2 is 2.31 bits per heavy atom. The number of nitriles is 1. The zero-order chi connectivity index (χ0) is 9.90. The number of allylic oxidation sites excluding steroid dienone is 4. The van der Waals surface area contributed by atoms with Gasteiger partial charge in [0.1, 0.15) is 6.07 Å². The van der Waals surface area contributed by atoms with Gasteiger partial charge in [-0.3, -0.25) is 4.79 Å². The second-order valence-electron chi connectivity index (χ2n) is 2.76. The minimum Gasteiger partial charge on any atom is -0.289 e. The van der Waals surface area contributed by atoms with Crippen LogP contribution in [0.1, 0.15) is 6.42 Å². The van der Waals surface area contributed by atoms with Crippen molar-refractivity contribution < 1.29 is 4.79 Å². The van der Waals surface area contributed by atoms with E-state index in [1.807, 2.05) is 0 Å². The van der Waals surface area contributed by atoms with Crippen LogP contribution in [-0.2, 0) is 4.79 Å². The van der Waals surface area contributed by atoms with Crippen LogP contribution in [0.25, 0.3) is 0 Å². The molecule has 2 radical (unpaired) electrons. The largest absolute Gasteiger partial charge is 0.289 e. The Kier molecular flexibility index (Phi) is 2.35. The van der Waals surface area contributed by atoms with E-state index >= 15 is 0 Å². The van der Waals surface area contributed by atoms with Gasteiger partial charge in [0.2, 0.25) is 0 Å². The molecule has 0 aliphatic heterocycles. The summed E-state index contributed by atoms with van der Waals surface area (Å²) in [6.07, 6.45) is 9.75. The Morgan fingerprint density at radius 1 is 1.62 bits per heavy atom. The normalized spacial score (nSPS) is 26.1. The molecule has 0 N–H and O–H groups in total. The second-order valence-corrected chi connectivity index (χ2v) is 2.76. The van der Waals surface area contributed by atoms with Gasteiger partial charge in [-0.15, -0.1) is 6.42 Å². The van der Waals surface area contributed by atoms with Crippen LogP contribution in [0.15, 0.2) is 23.8 Å². The molecular weight excluding hydrogens is 162 g/mol. The van der Waals surface area contributed by atoms with Crippen LogP contribution in [0, 0.1) is 36.0 Å². The minimum absolute atomic E-state index is 0.0610. The molecule has 0 spiro atoms. The molecular formula is C11H7NO. The first-order valence-electron chi connectivity index (χ1n) is 3.72. The van der Waals surface area contributed by atoms with Crippen molar-refractivity contribution >= 4 is 5.78 Å². The third-order valence-corrected chi connectivity index (χ3v) is 1.93. The maximum absolute atomic E-state index is 11.1. The van der Waals surface area contributed by atoms with E-state index in [4.69, 9.17) is 18.6 Å². The molecule has 62 valence electrons. The molecule has 0 heterocycles. The molecule has 0 amide bonds. The molecule has 1 rings (SSSR count). The SMILES string of the molecule is [CH]CC1(C#C)C=CC(=O)C(C#N)=C1. The van der Waals surface area contributed by atoms with Crippen molar-refractivity contribution in [3.63, 3.8) is 0 Å². The molecule has 1 unspecified atom stereocenters. The topological polar surface area (TPSA) is 40.9 Å². The number of carbonyl (C=O) groups excluding carboxylic acids is 1. The smallest absolute Gasteiger partial charge is 0.195 e. The van der Waals surface area contributed by atoms with Gasteiger partial charge in [-0.25, -0.2) is 0 Å². The molecule has 2 nitrogen and oxygen atoms in total. The number of rotatable bonds is 1. The van der Waals surface area contributed by atoms with E-state index in [0.717, 1.165) is 0 Å². The van der Waals surface area contributed by atoms with Gasteiger partial charge in [0.25, 0.3) is 0 Å². The van der Waals surface area contributed by atoms with Crippen LogP contribution >= 0.6 is 0 Å². The summed E-state index contributed by atoms with van der Waals surface area (Å²) in [6, 6.07) is 1.79. The molecule has 1 atom stereocenters. The van der Waals surface area contributed by atoms with Crippen molar-refractivity contribution in [2.75, 3.05) is 0 Å². The van der Waals surface area contributed by atoms with Gasteiger partial charge in [-0.05, 0) is 25.5 Å². The molecule has 13 heavy (non-hydrogen) atoms. The summed E-state index contributed by atoms with van der Waals surface area (Å²) in [5.41, 5.74) is -0.704. The fraction of sp³-hybridized carbons (Fsp3) is 0.182. The van der Waals surface area contributed by atoms with E-state index in [0.29, 0.717) is 0 Å². The van der Waals surface area contributed by atoms with Crippen molar-refractivity contribution in [1.82, 2.24) is 0 Å². The highest BCUT2D eigenvalue weighted by Crippen LogP contribution is 2.29. The summed E-state index contributed by atoms with van der Waals surface area (Å²) in [6.45, 7) is 5.45. The summed E-state index contributed by atoms with van der Waals surface area (Å²) >= 11 is 0. The Morgan fingerprint density at radius 3 is 2.77 bits per heavy atom. The summed E-state index contributed by atoms with van der Waals surface area (Å²) in [5.74, 6) is 2.14. The first-order valence-corrected chi connectivity index (χ1v) is 3.72. The van der Waals surface area contributed by atoms with E-state index in [9.17, 15) is 4.79 Å². The van der Waals surface area contributed by atoms with Crippen LogP contribution in [0.2, 0.25) is 0 Å². The third-order valence-electron chi connectivity index (χ3n) is 1.93. The van der Waals surface area contributed by atoms with Crippen molar-refractivity contribution in [3.8, 4) is 18.4 Å².